The summed E-state index contributed by atoms with van der Waals surface area (Å²) in [5.74, 6) is -0.213. The molecule has 0 fully saturated rings. The van der Waals surface area contributed by atoms with Gasteiger partial charge in [-0.1, -0.05) is 0 Å². The molecule has 6 nitrogen and oxygen atoms in total. The molecule has 0 atom stereocenters. The maximum absolute atomic E-state index is 12.1. The Hall–Kier alpha value is -3.54. The third kappa shape index (κ3) is 4.06. The molecule has 2 aromatic carbocycles. The zero-order chi connectivity index (χ0) is 20.3. The maximum Gasteiger partial charge on any atom is 0.271 e. The third-order valence-electron chi connectivity index (χ3n) is 4.59. The van der Waals surface area contributed by atoms with Crippen LogP contribution in [0.25, 0.3) is 5.69 Å². The zero-order valence-electron chi connectivity index (χ0n) is 16.5. The number of phenols is 1. The molecule has 0 saturated carbocycles. The number of hydrazone groups is 1. The molecule has 3 rings (SSSR count). The molecule has 1 aromatic heterocycles. The number of carbonyl (C=O) groups is 1. The molecular formula is C22H24N4O2. The van der Waals surface area contributed by atoms with Crippen LogP contribution < -0.4 is 10.3 Å². The summed E-state index contributed by atoms with van der Waals surface area (Å²) in [5.41, 5.74) is 8.22. The van der Waals surface area contributed by atoms with Crippen LogP contribution in [0.1, 0.15) is 27.3 Å². The van der Waals surface area contributed by atoms with Gasteiger partial charge < -0.3 is 14.6 Å². The van der Waals surface area contributed by atoms with Gasteiger partial charge in [0.2, 0.25) is 0 Å². The number of amides is 1. The number of hydrogen-bond acceptors (Lipinski definition) is 4. The Morgan fingerprint density at radius 2 is 1.71 bits per heavy atom. The fourth-order valence-electron chi connectivity index (χ4n) is 3.05. The van der Waals surface area contributed by atoms with Gasteiger partial charge in [-0.2, -0.15) is 5.10 Å². The molecule has 0 radical (unpaired) electrons. The first-order chi connectivity index (χ1) is 13.4. The summed E-state index contributed by atoms with van der Waals surface area (Å²) in [4.78, 5) is 14.2. The second-order valence-corrected chi connectivity index (χ2v) is 6.82. The Morgan fingerprint density at radius 3 is 2.32 bits per heavy atom. The molecule has 0 aliphatic rings. The van der Waals surface area contributed by atoms with E-state index in [2.05, 4.69) is 44.3 Å². The number of hydrogen-bond donors (Lipinski definition) is 2. The highest BCUT2D eigenvalue weighted by Crippen LogP contribution is 2.22. The number of phenolic OH excluding ortho intramolecular Hbond substituents is 1. The number of carbonyl (C=O) groups excluding carboxylic acids is 1. The van der Waals surface area contributed by atoms with Crippen LogP contribution in [0, 0.1) is 13.8 Å². The highest BCUT2D eigenvalue weighted by molar-refractivity contribution is 5.95. The molecule has 1 heterocycles. The predicted octanol–water partition coefficient (Wildman–Crippen LogP) is 3.63. The molecule has 1 amide bonds. The van der Waals surface area contributed by atoms with Gasteiger partial charge in [-0.3, -0.25) is 4.79 Å². The van der Waals surface area contributed by atoms with Gasteiger partial charge in [0.15, 0.2) is 0 Å². The average molecular weight is 376 g/mol. The Kier molecular flexibility index (Phi) is 5.49. The number of aromatic hydroxyl groups is 1. The summed E-state index contributed by atoms with van der Waals surface area (Å²) in [6.07, 6.45) is 1.64. The average Bonchev–Trinajstić information content (AvgIpc) is 2.95. The molecule has 0 unspecified atom stereocenters. The largest absolute Gasteiger partial charge is 0.508 e. The number of benzene rings is 2. The van der Waals surface area contributed by atoms with Gasteiger partial charge in [-0.05, 0) is 68.4 Å². The van der Waals surface area contributed by atoms with Crippen molar-refractivity contribution in [2.45, 2.75) is 13.8 Å². The van der Waals surface area contributed by atoms with Crippen LogP contribution in [0.15, 0.2) is 59.7 Å². The van der Waals surface area contributed by atoms with Gasteiger partial charge in [0, 0.05) is 48.0 Å². The second kappa shape index (κ2) is 8.00. The molecule has 2 N–H and O–H groups in total. The van der Waals surface area contributed by atoms with Crippen LogP contribution in [0.3, 0.4) is 0 Å². The third-order valence-corrected chi connectivity index (χ3v) is 4.59. The molecule has 6 heteroatoms. The van der Waals surface area contributed by atoms with Crippen molar-refractivity contribution in [2.24, 2.45) is 5.10 Å². The SMILES string of the molecule is Cc1cc(/C=N\NC(=O)c2ccc(O)cc2)c(C)n1-c1ccc(N(C)C)cc1. The quantitative estimate of drug-likeness (QED) is 0.528. The summed E-state index contributed by atoms with van der Waals surface area (Å²) >= 11 is 0. The number of nitrogens with one attached hydrogen (secondary N) is 1. The first kappa shape index (κ1) is 19.2. The van der Waals surface area contributed by atoms with Crippen LogP contribution >= 0.6 is 0 Å². The number of aromatic nitrogens is 1. The van der Waals surface area contributed by atoms with E-state index < -0.39 is 0 Å². The first-order valence-corrected chi connectivity index (χ1v) is 8.96. The fourth-order valence-corrected chi connectivity index (χ4v) is 3.05. The Bertz CT molecular complexity index is 1000. The molecule has 28 heavy (non-hydrogen) atoms. The molecule has 0 spiro atoms. The van der Waals surface area contributed by atoms with E-state index in [0.29, 0.717) is 5.56 Å². The van der Waals surface area contributed by atoms with Crippen LogP contribution in [0.5, 0.6) is 5.75 Å². The fraction of sp³-hybridized carbons (Fsp3) is 0.182. The lowest BCUT2D eigenvalue weighted by atomic mass is 10.2. The predicted molar refractivity (Wildman–Crippen MR) is 113 cm³/mol. The molecule has 0 aliphatic carbocycles. The van der Waals surface area contributed by atoms with Gasteiger partial charge in [-0.15, -0.1) is 0 Å². The smallest absolute Gasteiger partial charge is 0.271 e. The van der Waals surface area contributed by atoms with Crippen LogP contribution in [-0.4, -0.2) is 35.9 Å². The molecule has 0 bridgehead atoms. The molecule has 3 aromatic rings. The van der Waals surface area contributed by atoms with Crippen LogP contribution in [0.4, 0.5) is 5.69 Å². The van der Waals surface area contributed by atoms with Crippen molar-refractivity contribution in [3.63, 3.8) is 0 Å². The van der Waals surface area contributed by atoms with E-state index >= 15 is 0 Å². The van der Waals surface area contributed by atoms with E-state index in [9.17, 15) is 9.90 Å². The van der Waals surface area contributed by atoms with Crippen molar-refractivity contribution < 1.29 is 9.90 Å². The summed E-state index contributed by atoms with van der Waals surface area (Å²) in [6, 6.07) is 16.4. The second-order valence-electron chi connectivity index (χ2n) is 6.82. The normalized spacial score (nSPS) is 11.0. The zero-order valence-corrected chi connectivity index (χ0v) is 16.5. The number of aryl methyl sites for hydroxylation is 1. The molecule has 0 saturated heterocycles. The van der Waals surface area contributed by atoms with Gasteiger partial charge in [0.25, 0.3) is 5.91 Å². The van der Waals surface area contributed by atoms with Crippen molar-refractivity contribution >= 4 is 17.8 Å². The molecular weight excluding hydrogens is 352 g/mol. The minimum absolute atomic E-state index is 0.117. The van der Waals surface area contributed by atoms with Gasteiger partial charge in [0.1, 0.15) is 5.75 Å². The van der Waals surface area contributed by atoms with E-state index in [1.165, 1.54) is 12.1 Å². The number of rotatable bonds is 5. The van der Waals surface area contributed by atoms with E-state index in [0.717, 1.165) is 28.3 Å². The van der Waals surface area contributed by atoms with Crippen LogP contribution in [0.2, 0.25) is 0 Å². The van der Waals surface area contributed by atoms with Crippen molar-refractivity contribution in [3.05, 3.63) is 77.1 Å². The number of anilines is 1. The lowest BCUT2D eigenvalue weighted by Crippen LogP contribution is -2.17. The van der Waals surface area contributed by atoms with Gasteiger partial charge in [0.05, 0.1) is 6.21 Å². The topological polar surface area (TPSA) is 69.9 Å². The van der Waals surface area contributed by atoms with E-state index in [4.69, 9.17) is 0 Å². The summed E-state index contributed by atoms with van der Waals surface area (Å²) < 4.78 is 2.16. The molecule has 144 valence electrons. The summed E-state index contributed by atoms with van der Waals surface area (Å²) in [7, 11) is 4.03. The highest BCUT2D eigenvalue weighted by Gasteiger charge is 2.10. The van der Waals surface area contributed by atoms with Crippen molar-refractivity contribution in [3.8, 4) is 11.4 Å². The van der Waals surface area contributed by atoms with Crippen molar-refractivity contribution in [1.29, 1.82) is 0 Å². The standard InChI is InChI=1S/C22H24N4O2/c1-15-13-18(14-23-24-22(28)17-5-11-21(27)12-6-17)16(2)26(15)20-9-7-19(8-10-20)25(3)4/h5-14,27H,1-4H3,(H,24,28)/b23-14-. The highest BCUT2D eigenvalue weighted by atomic mass is 16.3. The number of nitrogens with zero attached hydrogens (tertiary/aromatic N) is 3. The first-order valence-electron chi connectivity index (χ1n) is 8.96. The van der Waals surface area contributed by atoms with E-state index in [1.54, 1.807) is 18.3 Å². The summed E-state index contributed by atoms with van der Waals surface area (Å²) in [6.45, 7) is 4.06. The van der Waals surface area contributed by atoms with Crippen molar-refractivity contribution in [1.82, 2.24) is 9.99 Å². The Balaban J connectivity index is 1.76. The summed E-state index contributed by atoms with van der Waals surface area (Å²) in [5, 5.41) is 13.4. The van der Waals surface area contributed by atoms with Gasteiger partial charge >= 0.3 is 0 Å². The Labute approximate surface area is 164 Å². The maximum atomic E-state index is 12.1. The molecule has 0 aliphatic heterocycles. The monoisotopic (exact) mass is 376 g/mol. The van der Waals surface area contributed by atoms with Crippen molar-refractivity contribution in [2.75, 3.05) is 19.0 Å². The lowest BCUT2D eigenvalue weighted by molar-refractivity contribution is 0.0955. The lowest BCUT2D eigenvalue weighted by Gasteiger charge is -2.14. The minimum atomic E-state index is -0.329. The van der Waals surface area contributed by atoms with E-state index in [1.807, 2.05) is 34.0 Å². The van der Waals surface area contributed by atoms with Gasteiger partial charge in [-0.25, -0.2) is 5.43 Å². The Morgan fingerprint density at radius 1 is 1.07 bits per heavy atom. The van der Waals surface area contributed by atoms with E-state index in [-0.39, 0.29) is 11.7 Å². The van der Waals surface area contributed by atoms with Crippen LogP contribution in [-0.2, 0) is 0 Å². The minimum Gasteiger partial charge on any atom is -0.508 e.